The van der Waals surface area contributed by atoms with Gasteiger partial charge in [0, 0.05) is 11.1 Å². The summed E-state index contributed by atoms with van der Waals surface area (Å²) in [6.07, 6.45) is 21.5. The van der Waals surface area contributed by atoms with E-state index in [1.165, 1.54) is 64.2 Å². The van der Waals surface area contributed by atoms with Crippen LogP contribution in [0.25, 0.3) is 10.8 Å². The highest BCUT2D eigenvalue weighted by Crippen LogP contribution is 2.45. The van der Waals surface area contributed by atoms with Crippen LogP contribution in [0.1, 0.15) is 184 Å². The smallest absolute Gasteiger partial charge is 0.310 e. The molecule has 0 aromatic heterocycles. The van der Waals surface area contributed by atoms with Gasteiger partial charge >= 0.3 is 11.9 Å². The van der Waals surface area contributed by atoms with Crippen molar-refractivity contribution in [2.24, 2.45) is 11.8 Å². The molecule has 10 nitrogen and oxygen atoms in total. The molecule has 2 saturated heterocycles. The fraction of sp³-hybridized carbons (Fsp3) is 0.760. The predicted octanol–water partition coefficient (Wildman–Crippen LogP) is 12.2. The molecule has 2 aromatic rings. The van der Waals surface area contributed by atoms with E-state index in [-0.39, 0.29) is 23.8 Å². The van der Waals surface area contributed by atoms with Crippen molar-refractivity contribution in [1.82, 2.24) is 10.1 Å². The molecular weight excluding hydrogens is 757 g/mol. The Morgan fingerprint density at radius 1 is 0.467 bits per heavy atom. The fourth-order valence-corrected chi connectivity index (χ4v) is 9.44. The minimum Gasteiger partial charge on any atom is -0.494 e. The second kappa shape index (κ2) is 23.5. The molecule has 2 aromatic carbocycles. The maximum absolute atomic E-state index is 12.6. The van der Waals surface area contributed by atoms with Crippen LogP contribution in [-0.2, 0) is 29.5 Å². The van der Waals surface area contributed by atoms with Crippen LogP contribution < -0.4 is 9.47 Å². The molecule has 10 heteroatoms. The van der Waals surface area contributed by atoms with Crippen molar-refractivity contribution in [3.8, 4) is 11.5 Å². The van der Waals surface area contributed by atoms with E-state index in [0.717, 1.165) is 97.0 Å². The lowest BCUT2D eigenvalue weighted by atomic mass is 9.87. The number of hydroxylamine groups is 4. The third kappa shape index (κ3) is 14.6. The molecule has 4 rings (SSSR count). The molecule has 2 atom stereocenters. The first-order valence-electron chi connectivity index (χ1n) is 23.5. The maximum atomic E-state index is 12.6. The van der Waals surface area contributed by atoms with E-state index in [9.17, 15) is 20.0 Å². The molecule has 2 heterocycles. The minimum atomic E-state index is -0.725. The lowest BCUT2D eigenvalue weighted by Crippen LogP contribution is -2.47. The van der Waals surface area contributed by atoms with Crippen molar-refractivity contribution in [3.05, 3.63) is 36.4 Å². The van der Waals surface area contributed by atoms with E-state index in [4.69, 9.17) is 18.9 Å². The standard InChI is InChI=1S/C50H80N2O8/c1-47(2)37-43(49(5,6)51(47)55)45(53)59-33-25-21-17-13-9-11-15-19-23-31-57-41-29-27-40-36-42(30-28-39(40)35-41)58-32-24-20-16-12-10-14-18-22-26-34-60-46(54)44-38-48(3,4)52(56)50(44,7)8/h27-30,35-36,43-44H,9-26,31-34,37-38H2,1-8H3. The van der Waals surface area contributed by atoms with Crippen LogP contribution in [-0.4, -0.2) is 70.6 Å². The van der Waals surface area contributed by atoms with Crippen LogP contribution in [0.5, 0.6) is 11.5 Å². The van der Waals surface area contributed by atoms with Crippen molar-refractivity contribution in [2.75, 3.05) is 26.4 Å². The molecule has 2 radical (unpaired) electrons. The summed E-state index contributed by atoms with van der Waals surface area (Å²) in [5, 5.41) is 29.6. The van der Waals surface area contributed by atoms with Crippen LogP contribution in [0, 0.1) is 11.8 Å². The molecule has 0 saturated carbocycles. The minimum absolute atomic E-state index is 0.227. The van der Waals surface area contributed by atoms with E-state index in [0.29, 0.717) is 26.1 Å². The van der Waals surface area contributed by atoms with Gasteiger partial charge in [-0.1, -0.05) is 102 Å². The second-order valence-corrected chi connectivity index (χ2v) is 20.1. The summed E-state index contributed by atoms with van der Waals surface area (Å²) in [7, 11) is 0. The van der Waals surface area contributed by atoms with Gasteiger partial charge in [0.1, 0.15) is 11.5 Å². The van der Waals surface area contributed by atoms with Gasteiger partial charge in [-0.25, -0.2) is 0 Å². The average Bonchev–Trinajstić information content (AvgIpc) is 3.49. The number of fused-ring (bicyclic) bond motifs is 1. The second-order valence-electron chi connectivity index (χ2n) is 20.1. The third-order valence-electron chi connectivity index (χ3n) is 13.2. The molecule has 0 spiro atoms. The predicted molar refractivity (Wildman–Crippen MR) is 238 cm³/mol. The Labute approximate surface area is 362 Å². The summed E-state index contributed by atoms with van der Waals surface area (Å²) in [5.41, 5.74) is -2.52. The van der Waals surface area contributed by atoms with Gasteiger partial charge < -0.3 is 18.9 Å². The summed E-state index contributed by atoms with van der Waals surface area (Å²) in [5.74, 6) is 0.629. The lowest BCUT2D eigenvalue weighted by molar-refractivity contribution is -0.248. The highest BCUT2D eigenvalue weighted by molar-refractivity contribution is 5.85. The number of ether oxygens (including phenoxy) is 4. The fourth-order valence-electron chi connectivity index (χ4n) is 9.44. The van der Waals surface area contributed by atoms with Crippen LogP contribution in [0.2, 0.25) is 0 Å². The lowest BCUT2D eigenvalue weighted by Gasteiger charge is -2.32. The molecule has 2 aliphatic heterocycles. The van der Waals surface area contributed by atoms with Gasteiger partial charge in [0.2, 0.25) is 0 Å². The van der Waals surface area contributed by atoms with Crippen LogP contribution in [0.15, 0.2) is 36.4 Å². The number of carbonyl (C=O) groups is 2. The van der Waals surface area contributed by atoms with Crippen molar-refractivity contribution < 1.29 is 39.0 Å². The molecule has 0 aliphatic carbocycles. The number of rotatable bonds is 28. The zero-order valence-corrected chi connectivity index (χ0v) is 38.7. The molecule has 60 heavy (non-hydrogen) atoms. The van der Waals surface area contributed by atoms with Gasteiger partial charge in [-0.3, -0.25) is 9.59 Å². The summed E-state index contributed by atoms with van der Waals surface area (Å²) < 4.78 is 23.3. The Morgan fingerprint density at radius 2 is 0.750 bits per heavy atom. The van der Waals surface area contributed by atoms with Crippen molar-refractivity contribution in [3.63, 3.8) is 0 Å². The van der Waals surface area contributed by atoms with Crippen LogP contribution >= 0.6 is 0 Å². The monoisotopic (exact) mass is 837 g/mol. The molecule has 2 aliphatic rings. The highest BCUT2D eigenvalue weighted by atomic mass is 16.5. The number of unbranched alkanes of at least 4 members (excludes halogenated alkanes) is 16. The molecular formula is C50H80N2O8. The van der Waals surface area contributed by atoms with Crippen LogP contribution in [0.3, 0.4) is 0 Å². The van der Waals surface area contributed by atoms with Gasteiger partial charge in [-0.15, -0.1) is 20.5 Å². The Hall–Kier alpha value is -2.92. The SMILES string of the molecule is CC1(C)CC(C(=O)OCCCCCCCCCCCOc2ccc3cc(OCCCCCCCCCCCOC(=O)C4CC(C)(C)N([O])C4(C)C)ccc3c2)C(C)(C)N1[O]. The Bertz CT molecular complexity index is 1490. The summed E-state index contributed by atoms with van der Waals surface area (Å²) in [6.45, 7) is 17.3. The topological polar surface area (TPSA) is 117 Å². The van der Waals surface area contributed by atoms with E-state index in [1.54, 1.807) is 0 Å². The number of carbonyl (C=O) groups excluding carboxylic acids is 2. The van der Waals surface area contributed by atoms with Gasteiger partial charge in [-0.2, -0.15) is 0 Å². The van der Waals surface area contributed by atoms with Gasteiger partial charge in [0.25, 0.3) is 0 Å². The first-order valence-corrected chi connectivity index (χ1v) is 23.5. The molecule has 0 bridgehead atoms. The first kappa shape index (κ1) is 49.7. The van der Waals surface area contributed by atoms with Crippen LogP contribution in [0.4, 0.5) is 0 Å². The molecule has 0 amide bonds. The molecule has 0 N–H and O–H groups in total. The number of hydrogen-bond acceptors (Lipinski definition) is 8. The zero-order chi connectivity index (χ0) is 43.8. The van der Waals surface area contributed by atoms with Gasteiger partial charge in [0.15, 0.2) is 0 Å². The summed E-state index contributed by atoms with van der Waals surface area (Å²) in [4.78, 5) is 25.3. The maximum Gasteiger partial charge on any atom is 0.310 e. The largest absolute Gasteiger partial charge is 0.494 e. The normalized spacial score (nSPS) is 20.7. The Balaban J connectivity index is 0.924. The Kier molecular flexibility index (Phi) is 19.5. The Morgan fingerprint density at radius 3 is 1.03 bits per heavy atom. The molecule has 2 fully saturated rings. The first-order chi connectivity index (χ1) is 28.5. The third-order valence-corrected chi connectivity index (χ3v) is 13.2. The summed E-state index contributed by atoms with van der Waals surface area (Å²) in [6, 6.07) is 12.6. The highest BCUT2D eigenvalue weighted by Gasteiger charge is 2.57. The van der Waals surface area contributed by atoms with Crippen molar-refractivity contribution in [2.45, 2.75) is 206 Å². The number of nitrogens with zero attached hydrogens (tertiary/aromatic N) is 2. The number of esters is 2. The quantitative estimate of drug-likeness (QED) is 0.0614. The molecule has 338 valence electrons. The number of hydrogen-bond donors (Lipinski definition) is 0. The van der Waals surface area contributed by atoms with Gasteiger partial charge in [0.05, 0.1) is 49.3 Å². The van der Waals surface area contributed by atoms with Gasteiger partial charge in [-0.05, 0) is 129 Å². The van der Waals surface area contributed by atoms with E-state index in [1.807, 2.05) is 55.4 Å². The zero-order valence-electron chi connectivity index (χ0n) is 38.7. The average molecular weight is 837 g/mol. The number of benzene rings is 2. The van der Waals surface area contributed by atoms with E-state index in [2.05, 4.69) is 36.4 Å². The van der Waals surface area contributed by atoms with E-state index < -0.39 is 22.2 Å². The van der Waals surface area contributed by atoms with E-state index >= 15 is 0 Å². The van der Waals surface area contributed by atoms with Crippen molar-refractivity contribution >= 4 is 22.7 Å². The molecule has 2 unspecified atom stereocenters. The van der Waals surface area contributed by atoms with Crippen molar-refractivity contribution in [1.29, 1.82) is 0 Å². The summed E-state index contributed by atoms with van der Waals surface area (Å²) >= 11 is 0.